The molecule has 0 saturated carbocycles. The van der Waals surface area contributed by atoms with Crippen LogP contribution in [0, 0.1) is 0 Å². The van der Waals surface area contributed by atoms with E-state index in [0.717, 1.165) is 35.7 Å². The van der Waals surface area contributed by atoms with Gasteiger partial charge in [0.25, 0.3) is 5.56 Å². The molecule has 0 radical (unpaired) electrons. The fourth-order valence-corrected chi connectivity index (χ4v) is 3.92. The molecule has 0 aliphatic heterocycles. The molecule has 1 atom stereocenters. The van der Waals surface area contributed by atoms with Crippen LogP contribution < -0.4 is 10.9 Å². The maximum atomic E-state index is 12.9. The predicted octanol–water partition coefficient (Wildman–Crippen LogP) is 3.02. The van der Waals surface area contributed by atoms with E-state index in [-0.39, 0.29) is 11.5 Å². The van der Waals surface area contributed by atoms with Crippen molar-refractivity contribution in [1.29, 1.82) is 0 Å². The molecular weight excluding hydrogens is 364 g/mol. The quantitative estimate of drug-likeness (QED) is 0.568. The molecule has 1 unspecified atom stereocenters. The molecule has 0 fully saturated rings. The normalized spacial score (nSPS) is 12.7. The molecule has 0 bridgehead atoms. The van der Waals surface area contributed by atoms with Gasteiger partial charge in [0.1, 0.15) is 17.4 Å². The summed E-state index contributed by atoms with van der Waals surface area (Å²) < 4.78 is 8.52. The van der Waals surface area contributed by atoms with Crippen LogP contribution in [0.3, 0.4) is 0 Å². The van der Waals surface area contributed by atoms with E-state index in [1.807, 2.05) is 29.2 Å². The number of rotatable bonds is 9. The van der Waals surface area contributed by atoms with E-state index in [4.69, 9.17) is 4.42 Å². The lowest BCUT2D eigenvalue weighted by molar-refractivity contribution is -0.124. The maximum Gasteiger partial charge on any atom is 0.291 e. The third kappa shape index (κ3) is 3.90. The second kappa shape index (κ2) is 8.65. The molecule has 3 aromatic heterocycles. The lowest BCUT2D eigenvalue weighted by Gasteiger charge is -2.16. The van der Waals surface area contributed by atoms with E-state index in [1.165, 1.54) is 4.68 Å². The zero-order chi connectivity index (χ0) is 19.4. The van der Waals surface area contributed by atoms with Crippen molar-refractivity contribution in [3.8, 4) is 0 Å². The molecule has 0 saturated heterocycles. The first-order valence-electron chi connectivity index (χ1n) is 9.44. The number of thioether (sulfide) groups is 1. The molecule has 1 amide bonds. The Hall–Kier alpha value is -2.22. The summed E-state index contributed by atoms with van der Waals surface area (Å²) in [6.45, 7) is 6.44. The standard InChI is InChI=1S/C19H26N4O3S/c1-4-10-27-11-6-8-20-18(24)13(3)23-19(25)15-12-16-14(7-9-26-16)22(15)17(5-2)21-23/h7,9,12-13H,4-6,8,10-11H2,1-3H3,(H,20,24). The van der Waals surface area contributed by atoms with Crippen LogP contribution in [0.2, 0.25) is 0 Å². The Balaban J connectivity index is 1.80. The first-order valence-corrected chi connectivity index (χ1v) is 10.6. The van der Waals surface area contributed by atoms with Gasteiger partial charge < -0.3 is 9.73 Å². The van der Waals surface area contributed by atoms with Crippen molar-refractivity contribution in [1.82, 2.24) is 19.5 Å². The minimum atomic E-state index is -0.669. The van der Waals surface area contributed by atoms with Crippen molar-refractivity contribution in [3.05, 3.63) is 34.6 Å². The molecule has 3 heterocycles. The largest absolute Gasteiger partial charge is 0.463 e. The number of aryl methyl sites for hydroxylation is 1. The van der Waals surface area contributed by atoms with E-state index in [0.29, 0.717) is 24.1 Å². The molecule has 7 nitrogen and oxygen atoms in total. The number of amides is 1. The number of hydrogen-bond donors (Lipinski definition) is 1. The topological polar surface area (TPSA) is 81.5 Å². The third-order valence-electron chi connectivity index (χ3n) is 4.51. The summed E-state index contributed by atoms with van der Waals surface area (Å²) in [5.41, 5.74) is 1.65. The Morgan fingerprint density at radius 2 is 2.15 bits per heavy atom. The van der Waals surface area contributed by atoms with Crippen LogP contribution in [-0.4, -0.2) is 38.1 Å². The van der Waals surface area contributed by atoms with Crippen LogP contribution in [0.1, 0.15) is 45.5 Å². The minimum Gasteiger partial charge on any atom is -0.463 e. The number of nitrogens with one attached hydrogen (secondary N) is 1. The van der Waals surface area contributed by atoms with Crippen molar-refractivity contribution in [3.63, 3.8) is 0 Å². The molecule has 0 aromatic carbocycles. The Labute approximate surface area is 162 Å². The summed E-state index contributed by atoms with van der Waals surface area (Å²) in [5, 5.41) is 7.39. The van der Waals surface area contributed by atoms with Gasteiger partial charge in [0, 0.05) is 25.1 Å². The second-order valence-electron chi connectivity index (χ2n) is 6.49. The number of furan rings is 1. The summed E-state index contributed by atoms with van der Waals surface area (Å²) in [4.78, 5) is 25.4. The zero-order valence-corrected chi connectivity index (χ0v) is 16.8. The van der Waals surface area contributed by atoms with Gasteiger partial charge in [-0.3, -0.25) is 14.0 Å². The van der Waals surface area contributed by atoms with E-state index in [2.05, 4.69) is 17.3 Å². The van der Waals surface area contributed by atoms with Crippen LogP contribution in [0.25, 0.3) is 16.6 Å². The number of fused-ring (bicyclic) bond motifs is 3. The number of carbonyl (C=O) groups is 1. The predicted molar refractivity (Wildman–Crippen MR) is 109 cm³/mol. The third-order valence-corrected chi connectivity index (χ3v) is 5.78. The molecule has 3 aromatic rings. The summed E-state index contributed by atoms with van der Waals surface area (Å²) in [6.07, 6.45) is 4.31. The van der Waals surface area contributed by atoms with Crippen molar-refractivity contribution < 1.29 is 9.21 Å². The van der Waals surface area contributed by atoms with Gasteiger partial charge in [-0.1, -0.05) is 13.8 Å². The van der Waals surface area contributed by atoms with Gasteiger partial charge in [-0.2, -0.15) is 16.9 Å². The monoisotopic (exact) mass is 390 g/mol. The summed E-state index contributed by atoms with van der Waals surface area (Å²) >= 11 is 1.89. The highest BCUT2D eigenvalue weighted by Gasteiger charge is 2.21. The van der Waals surface area contributed by atoms with Crippen LogP contribution in [0.15, 0.2) is 27.6 Å². The van der Waals surface area contributed by atoms with Crippen LogP contribution >= 0.6 is 11.8 Å². The average molecular weight is 391 g/mol. The highest BCUT2D eigenvalue weighted by molar-refractivity contribution is 7.99. The average Bonchev–Trinajstić information content (AvgIpc) is 3.26. The Kier molecular flexibility index (Phi) is 6.26. The number of aromatic nitrogens is 3. The molecule has 8 heteroatoms. The highest BCUT2D eigenvalue weighted by atomic mass is 32.2. The van der Waals surface area contributed by atoms with E-state index < -0.39 is 6.04 Å². The lowest BCUT2D eigenvalue weighted by Crippen LogP contribution is -2.38. The molecule has 1 N–H and O–H groups in total. The summed E-state index contributed by atoms with van der Waals surface area (Å²) in [6, 6.07) is 2.86. The Morgan fingerprint density at radius 3 is 2.89 bits per heavy atom. The van der Waals surface area contributed by atoms with Gasteiger partial charge in [-0.05, 0) is 31.3 Å². The van der Waals surface area contributed by atoms with Gasteiger partial charge in [0.05, 0.1) is 11.8 Å². The first-order chi connectivity index (χ1) is 13.1. The highest BCUT2D eigenvalue weighted by Crippen LogP contribution is 2.21. The van der Waals surface area contributed by atoms with Crippen molar-refractivity contribution >= 4 is 34.3 Å². The van der Waals surface area contributed by atoms with Crippen molar-refractivity contribution in [2.75, 3.05) is 18.1 Å². The van der Waals surface area contributed by atoms with Crippen LogP contribution in [0.5, 0.6) is 0 Å². The van der Waals surface area contributed by atoms with Gasteiger partial charge >= 0.3 is 0 Å². The van der Waals surface area contributed by atoms with E-state index >= 15 is 0 Å². The summed E-state index contributed by atoms with van der Waals surface area (Å²) in [5.74, 6) is 2.70. The lowest BCUT2D eigenvalue weighted by atomic mass is 10.3. The van der Waals surface area contributed by atoms with Gasteiger partial charge in [-0.25, -0.2) is 4.68 Å². The zero-order valence-electron chi connectivity index (χ0n) is 16.0. The SMILES string of the molecule is CCCSCCCNC(=O)C(C)n1nc(CC)n2c(cc3occc32)c1=O. The number of carbonyl (C=O) groups excluding carboxylic acids is 1. The fourth-order valence-electron chi connectivity index (χ4n) is 3.08. The maximum absolute atomic E-state index is 12.9. The van der Waals surface area contributed by atoms with Gasteiger partial charge in [-0.15, -0.1) is 0 Å². The van der Waals surface area contributed by atoms with E-state index in [1.54, 1.807) is 19.3 Å². The molecular formula is C19H26N4O3S. The molecule has 0 spiro atoms. The Bertz CT molecular complexity index is 988. The molecule has 27 heavy (non-hydrogen) atoms. The first kappa shape index (κ1) is 19.5. The second-order valence-corrected chi connectivity index (χ2v) is 7.71. The number of hydrogen-bond acceptors (Lipinski definition) is 5. The van der Waals surface area contributed by atoms with Crippen LogP contribution in [-0.2, 0) is 11.2 Å². The van der Waals surface area contributed by atoms with Crippen LogP contribution in [0.4, 0.5) is 0 Å². The molecule has 3 rings (SSSR count). The minimum absolute atomic E-state index is 0.188. The van der Waals surface area contributed by atoms with Crippen molar-refractivity contribution in [2.45, 2.75) is 46.1 Å². The van der Waals surface area contributed by atoms with Gasteiger partial charge in [0.15, 0.2) is 5.58 Å². The molecule has 0 aliphatic rings. The number of nitrogens with zero attached hydrogens (tertiary/aromatic N) is 3. The molecule has 0 aliphatic carbocycles. The van der Waals surface area contributed by atoms with Gasteiger partial charge in [0.2, 0.25) is 5.91 Å². The van der Waals surface area contributed by atoms with E-state index in [9.17, 15) is 9.59 Å². The smallest absolute Gasteiger partial charge is 0.291 e. The Morgan fingerprint density at radius 1 is 1.33 bits per heavy atom. The van der Waals surface area contributed by atoms with Crippen molar-refractivity contribution in [2.24, 2.45) is 0 Å². The fraction of sp³-hybridized carbons (Fsp3) is 0.526. The molecule has 146 valence electrons. The summed E-state index contributed by atoms with van der Waals surface area (Å²) in [7, 11) is 0.